The fourth-order valence-corrected chi connectivity index (χ4v) is 6.65. The zero-order valence-electron chi connectivity index (χ0n) is 23.3. The first-order chi connectivity index (χ1) is 19.4. The molecule has 41 heavy (non-hydrogen) atoms. The van der Waals surface area contributed by atoms with Gasteiger partial charge in [-0.15, -0.1) is 0 Å². The van der Waals surface area contributed by atoms with Crippen molar-refractivity contribution in [3.8, 4) is 5.75 Å². The second-order valence-corrected chi connectivity index (χ2v) is 12.3. The molecule has 2 bridgehead atoms. The third-order valence-corrected chi connectivity index (χ3v) is 8.71. The van der Waals surface area contributed by atoms with E-state index in [1.807, 2.05) is 17.4 Å². The van der Waals surface area contributed by atoms with Crippen molar-refractivity contribution in [2.45, 2.75) is 101 Å². The fraction of sp³-hybridized carbons (Fsp3) is 0.567. The number of amides is 2. The second-order valence-electron chi connectivity index (χ2n) is 11.9. The number of carbonyl (C=O) groups excluding carboxylic acids is 2. The summed E-state index contributed by atoms with van der Waals surface area (Å²) in [7, 11) is 0. The van der Waals surface area contributed by atoms with E-state index in [-0.39, 0.29) is 29.6 Å². The molecule has 2 unspecified atom stereocenters. The number of aromatic nitrogens is 1. The zero-order valence-corrected chi connectivity index (χ0v) is 24.0. The predicted molar refractivity (Wildman–Crippen MR) is 150 cm³/mol. The van der Waals surface area contributed by atoms with E-state index >= 15 is 0 Å². The highest BCUT2D eigenvalue weighted by Gasteiger charge is 2.43. The lowest BCUT2D eigenvalue weighted by atomic mass is 9.95. The van der Waals surface area contributed by atoms with Gasteiger partial charge in [0.15, 0.2) is 5.60 Å². The number of hydrogen-bond donors (Lipinski definition) is 2. The third kappa shape index (κ3) is 6.90. The van der Waals surface area contributed by atoms with E-state index in [1.165, 1.54) is 25.1 Å². The second kappa shape index (κ2) is 11.7. The van der Waals surface area contributed by atoms with Gasteiger partial charge in [0.05, 0.1) is 5.56 Å². The van der Waals surface area contributed by atoms with E-state index in [1.54, 1.807) is 26.0 Å². The van der Waals surface area contributed by atoms with Crippen molar-refractivity contribution in [2.24, 2.45) is 0 Å². The highest BCUT2D eigenvalue weighted by atomic mass is 35.5. The number of pyridine rings is 1. The van der Waals surface area contributed by atoms with Crippen LogP contribution in [0.2, 0.25) is 5.02 Å². The van der Waals surface area contributed by atoms with Gasteiger partial charge in [-0.25, -0.2) is 4.98 Å². The molecule has 5 rings (SSSR count). The van der Waals surface area contributed by atoms with Crippen LogP contribution in [0, 0.1) is 0 Å². The topological polar surface area (TPSA) is 83.6 Å². The smallest absolute Gasteiger partial charge is 0.405 e. The first kappa shape index (κ1) is 29.5. The molecule has 0 radical (unpaired) electrons. The van der Waals surface area contributed by atoms with Gasteiger partial charge in [0.2, 0.25) is 0 Å². The Bertz CT molecular complexity index is 1250. The van der Waals surface area contributed by atoms with Crippen molar-refractivity contribution >= 4 is 29.2 Å². The summed E-state index contributed by atoms with van der Waals surface area (Å²) in [5, 5.41) is 5.75. The van der Waals surface area contributed by atoms with Crippen molar-refractivity contribution in [1.29, 1.82) is 0 Å². The Kier molecular flexibility index (Phi) is 8.41. The first-order valence-corrected chi connectivity index (χ1v) is 14.7. The van der Waals surface area contributed by atoms with E-state index in [4.69, 9.17) is 16.3 Å². The van der Waals surface area contributed by atoms with Crippen LogP contribution in [-0.2, 0) is 4.79 Å². The van der Waals surface area contributed by atoms with Gasteiger partial charge in [-0.1, -0.05) is 24.4 Å². The first-order valence-electron chi connectivity index (χ1n) is 14.3. The number of anilines is 1. The van der Waals surface area contributed by atoms with Crippen LogP contribution in [0.3, 0.4) is 0 Å². The Labute approximate surface area is 243 Å². The lowest BCUT2D eigenvalue weighted by Gasteiger charge is -2.41. The summed E-state index contributed by atoms with van der Waals surface area (Å²) in [6.07, 6.45) is 4.74. The number of rotatable bonds is 8. The molecule has 0 spiro atoms. The Morgan fingerprint density at radius 1 is 1.05 bits per heavy atom. The normalized spacial score (nSPS) is 23.0. The van der Waals surface area contributed by atoms with Crippen LogP contribution in [0.4, 0.5) is 19.0 Å². The average Bonchev–Trinajstić information content (AvgIpc) is 3.54. The minimum atomic E-state index is -4.47. The third-order valence-electron chi connectivity index (χ3n) is 8.47. The highest BCUT2D eigenvalue weighted by Crippen LogP contribution is 2.42. The number of nitrogens with one attached hydrogen (secondary N) is 2. The van der Waals surface area contributed by atoms with E-state index in [2.05, 4.69) is 15.2 Å². The Balaban J connectivity index is 1.19. The van der Waals surface area contributed by atoms with Crippen molar-refractivity contribution in [1.82, 2.24) is 15.6 Å². The van der Waals surface area contributed by atoms with Gasteiger partial charge < -0.3 is 20.3 Å². The van der Waals surface area contributed by atoms with E-state index < -0.39 is 24.2 Å². The minimum absolute atomic E-state index is 0.0222. The number of carbonyl (C=O) groups is 2. The lowest BCUT2D eigenvalue weighted by molar-refractivity contribution is -0.135. The summed E-state index contributed by atoms with van der Waals surface area (Å²) in [4.78, 5) is 32.1. The fourth-order valence-electron chi connectivity index (χ4n) is 6.47. The van der Waals surface area contributed by atoms with Gasteiger partial charge in [0.25, 0.3) is 11.8 Å². The summed E-state index contributed by atoms with van der Waals surface area (Å²) in [5.74, 6) is 0.789. The van der Waals surface area contributed by atoms with Crippen molar-refractivity contribution in [3.63, 3.8) is 0 Å². The summed E-state index contributed by atoms with van der Waals surface area (Å²) in [6, 6.07) is 9.09. The summed E-state index contributed by atoms with van der Waals surface area (Å²) in [6.45, 7) is 2.19. The molecular formula is C30H36ClF3N4O3. The van der Waals surface area contributed by atoms with Gasteiger partial charge in [-0.2, -0.15) is 13.2 Å². The molecule has 1 saturated carbocycles. The van der Waals surface area contributed by atoms with Crippen molar-refractivity contribution in [2.75, 3.05) is 11.4 Å². The maximum atomic E-state index is 13.4. The van der Waals surface area contributed by atoms with Gasteiger partial charge in [0, 0.05) is 29.3 Å². The molecule has 3 aliphatic rings. The molecular weight excluding hydrogens is 557 g/mol. The van der Waals surface area contributed by atoms with Crippen LogP contribution in [0.1, 0.15) is 87.1 Å². The molecule has 2 atom stereocenters. The number of ether oxygens (including phenoxy) is 1. The number of hydrogen-bond acceptors (Lipinski definition) is 5. The van der Waals surface area contributed by atoms with Crippen LogP contribution < -0.4 is 20.3 Å². The molecule has 11 heteroatoms. The molecule has 2 aliphatic heterocycles. The molecule has 7 nitrogen and oxygen atoms in total. The van der Waals surface area contributed by atoms with Crippen LogP contribution in [0.15, 0.2) is 36.5 Å². The SMILES string of the molecule is CC(C)(Oc1ccc(Cl)cc1C1CCCC1)C(=O)NC1CC2CCC(C1)N2c1ccc(C(=O)NCC(F)(F)F)cn1. The maximum absolute atomic E-state index is 13.4. The van der Waals surface area contributed by atoms with E-state index in [0.717, 1.165) is 44.1 Å². The number of benzene rings is 1. The molecule has 3 fully saturated rings. The number of piperidine rings is 1. The van der Waals surface area contributed by atoms with Crippen molar-refractivity contribution in [3.05, 3.63) is 52.7 Å². The minimum Gasteiger partial charge on any atom is -0.478 e. The number of fused-ring (bicyclic) bond motifs is 2. The Morgan fingerprint density at radius 2 is 1.73 bits per heavy atom. The predicted octanol–water partition coefficient (Wildman–Crippen LogP) is 6.16. The maximum Gasteiger partial charge on any atom is 0.405 e. The van der Waals surface area contributed by atoms with Gasteiger partial charge in [0.1, 0.15) is 18.1 Å². The highest BCUT2D eigenvalue weighted by molar-refractivity contribution is 6.30. The van der Waals surface area contributed by atoms with Crippen LogP contribution in [0.5, 0.6) is 5.75 Å². The quantitative estimate of drug-likeness (QED) is 0.384. The summed E-state index contributed by atoms with van der Waals surface area (Å²) < 4.78 is 43.6. The molecule has 2 amide bonds. The zero-order chi connectivity index (χ0) is 29.4. The van der Waals surface area contributed by atoms with Gasteiger partial charge in [-0.3, -0.25) is 9.59 Å². The molecule has 2 saturated heterocycles. The Hall–Kier alpha value is -3.01. The number of nitrogens with zero attached hydrogens (tertiary/aromatic N) is 2. The number of halogens is 4. The molecule has 2 aromatic rings. The van der Waals surface area contributed by atoms with Gasteiger partial charge in [-0.05, 0) is 94.2 Å². The monoisotopic (exact) mass is 592 g/mol. The van der Waals surface area contributed by atoms with Crippen LogP contribution in [0.25, 0.3) is 0 Å². The molecule has 3 heterocycles. The van der Waals surface area contributed by atoms with E-state index in [0.29, 0.717) is 22.5 Å². The molecule has 2 N–H and O–H groups in total. The molecule has 1 aliphatic carbocycles. The molecule has 1 aromatic carbocycles. The Morgan fingerprint density at radius 3 is 2.34 bits per heavy atom. The van der Waals surface area contributed by atoms with E-state index in [9.17, 15) is 22.8 Å². The lowest BCUT2D eigenvalue weighted by Crippen LogP contribution is -2.55. The molecule has 222 valence electrons. The summed E-state index contributed by atoms with van der Waals surface area (Å²) in [5.41, 5.74) is 0.0617. The average molecular weight is 593 g/mol. The number of alkyl halides is 3. The van der Waals surface area contributed by atoms with Gasteiger partial charge >= 0.3 is 6.18 Å². The van der Waals surface area contributed by atoms with Crippen molar-refractivity contribution < 1.29 is 27.5 Å². The largest absolute Gasteiger partial charge is 0.478 e. The van der Waals surface area contributed by atoms with Crippen LogP contribution in [-0.4, -0.2) is 53.2 Å². The van der Waals surface area contributed by atoms with Crippen LogP contribution >= 0.6 is 11.6 Å². The summed E-state index contributed by atoms with van der Waals surface area (Å²) >= 11 is 6.30. The molecule has 1 aromatic heterocycles. The standard InChI is InChI=1S/C30H36ClF3N4O3/c1-29(2,41-25-11-8-20(31)13-24(25)18-5-3-4-6-18)28(40)37-21-14-22-9-10-23(15-21)38(22)26-12-7-19(16-35-26)27(39)36-17-30(32,33)34/h7-8,11-13,16,18,21-23H,3-6,9-10,14-15,17H2,1-2H3,(H,36,39)(H,37,40).